The second kappa shape index (κ2) is 12.3. The lowest BCUT2D eigenvalue weighted by atomic mass is 9.98. The molecule has 2 N–H and O–H groups in total. The van der Waals surface area contributed by atoms with Crippen LogP contribution in [0.25, 0.3) is 0 Å². The molecule has 142 valence electrons. The summed E-state index contributed by atoms with van der Waals surface area (Å²) in [6.07, 6.45) is 7.75. The number of nitrogens with zero attached hydrogens (tertiary/aromatic N) is 3. The van der Waals surface area contributed by atoms with Gasteiger partial charge in [-0.2, -0.15) is 0 Å². The molecule has 2 aliphatic heterocycles. The average Bonchev–Trinajstić information content (AvgIpc) is 2.58. The Morgan fingerprint density at radius 3 is 2.54 bits per heavy atom. The maximum absolute atomic E-state index is 4.42. The number of hydrogen-bond donors (Lipinski definition) is 2. The molecule has 0 aromatic heterocycles. The third-order valence-corrected chi connectivity index (χ3v) is 5.26. The normalized spacial score (nSPS) is 24.5. The number of likely N-dealkylation sites (tertiary alicyclic amines) is 2. The Hall–Kier alpha value is -0.0800. The molecule has 6 heteroatoms. The first kappa shape index (κ1) is 22.0. The van der Waals surface area contributed by atoms with Crippen LogP contribution in [0.4, 0.5) is 0 Å². The molecule has 0 amide bonds. The second-order valence-corrected chi connectivity index (χ2v) is 7.34. The van der Waals surface area contributed by atoms with Gasteiger partial charge in [-0.05, 0) is 58.2 Å². The Labute approximate surface area is 166 Å². The summed E-state index contributed by atoms with van der Waals surface area (Å²) in [6, 6.07) is 0.577. The van der Waals surface area contributed by atoms with E-state index in [1.54, 1.807) is 0 Å². The van der Waals surface area contributed by atoms with Crippen LogP contribution in [0.2, 0.25) is 0 Å². The van der Waals surface area contributed by atoms with Gasteiger partial charge in [0.05, 0.1) is 0 Å². The van der Waals surface area contributed by atoms with Crippen molar-refractivity contribution in [3.63, 3.8) is 0 Å². The Bertz CT molecular complexity index is 355. The summed E-state index contributed by atoms with van der Waals surface area (Å²) in [4.78, 5) is 9.47. The molecular weight excluding hydrogens is 413 g/mol. The highest BCUT2D eigenvalue weighted by Gasteiger charge is 2.21. The first-order valence-electron chi connectivity index (χ1n) is 9.59. The molecule has 0 aromatic rings. The van der Waals surface area contributed by atoms with E-state index >= 15 is 0 Å². The summed E-state index contributed by atoms with van der Waals surface area (Å²) in [5, 5.41) is 7.18. The largest absolute Gasteiger partial charge is 0.356 e. The van der Waals surface area contributed by atoms with Crippen molar-refractivity contribution in [2.45, 2.75) is 51.5 Å². The zero-order valence-electron chi connectivity index (χ0n) is 15.9. The Morgan fingerprint density at radius 1 is 1.17 bits per heavy atom. The fraction of sp³-hybridized carbons (Fsp3) is 0.944. The highest BCUT2D eigenvalue weighted by atomic mass is 127. The summed E-state index contributed by atoms with van der Waals surface area (Å²) in [5.41, 5.74) is 0. The highest BCUT2D eigenvalue weighted by molar-refractivity contribution is 14.0. The van der Waals surface area contributed by atoms with Crippen LogP contribution in [0.1, 0.15) is 45.4 Å². The standard InChI is InChI=1S/C18H37N5.HI/c1-4-5-11-23-12-8-17(9-13-23)21-18(19-2)20-14-16-7-6-10-22(3)15-16;/h16-17H,4-15H2,1-3H3,(H2,19,20,21);1H. The van der Waals surface area contributed by atoms with Crippen molar-refractivity contribution in [3.8, 4) is 0 Å². The first-order valence-corrected chi connectivity index (χ1v) is 9.59. The molecule has 0 radical (unpaired) electrons. The van der Waals surface area contributed by atoms with Crippen LogP contribution in [0.5, 0.6) is 0 Å². The zero-order chi connectivity index (χ0) is 16.5. The lowest BCUT2D eigenvalue weighted by Gasteiger charge is -2.34. The van der Waals surface area contributed by atoms with Gasteiger partial charge in [0.1, 0.15) is 0 Å². The van der Waals surface area contributed by atoms with Crippen molar-refractivity contribution in [2.24, 2.45) is 10.9 Å². The molecule has 0 aliphatic carbocycles. The number of rotatable bonds is 6. The average molecular weight is 451 g/mol. The fourth-order valence-corrected chi connectivity index (χ4v) is 3.75. The van der Waals surface area contributed by atoms with Crippen LogP contribution in [-0.4, -0.2) is 75.2 Å². The van der Waals surface area contributed by atoms with Crippen LogP contribution < -0.4 is 10.6 Å². The van der Waals surface area contributed by atoms with Gasteiger partial charge in [0.15, 0.2) is 5.96 Å². The highest BCUT2D eigenvalue weighted by Crippen LogP contribution is 2.14. The third-order valence-electron chi connectivity index (χ3n) is 5.26. The Morgan fingerprint density at radius 2 is 1.92 bits per heavy atom. The van der Waals surface area contributed by atoms with Gasteiger partial charge >= 0.3 is 0 Å². The minimum absolute atomic E-state index is 0. The third kappa shape index (κ3) is 7.87. The molecule has 2 saturated heterocycles. The van der Waals surface area contributed by atoms with Crippen molar-refractivity contribution < 1.29 is 0 Å². The molecule has 2 aliphatic rings. The molecule has 0 saturated carbocycles. The van der Waals surface area contributed by atoms with Gasteiger partial charge in [-0.15, -0.1) is 24.0 Å². The molecule has 1 atom stereocenters. The topological polar surface area (TPSA) is 42.9 Å². The van der Waals surface area contributed by atoms with E-state index in [9.17, 15) is 0 Å². The lowest BCUT2D eigenvalue weighted by Crippen LogP contribution is -2.50. The molecular formula is C18H38IN5. The van der Waals surface area contributed by atoms with Gasteiger partial charge in [-0.25, -0.2) is 0 Å². The fourth-order valence-electron chi connectivity index (χ4n) is 3.75. The molecule has 2 heterocycles. The molecule has 2 fully saturated rings. The molecule has 0 aromatic carbocycles. The summed E-state index contributed by atoms with van der Waals surface area (Å²) < 4.78 is 0. The van der Waals surface area contributed by atoms with Crippen molar-refractivity contribution >= 4 is 29.9 Å². The second-order valence-electron chi connectivity index (χ2n) is 7.34. The number of guanidine groups is 1. The van der Waals surface area contributed by atoms with E-state index in [2.05, 4.69) is 39.4 Å². The number of hydrogen-bond acceptors (Lipinski definition) is 3. The monoisotopic (exact) mass is 451 g/mol. The quantitative estimate of drug-likeness (QED) is 0.370. The van der Waals surface area contributed by atoms with Gasteiger partial charge in [-0.1, -0.05) is 13.3 Å². The molecule has 2 rings (SSSR count). The summed E-state index contributed by atoms with van der Waals surface area (Å²) in [7, 11) is 4.12. The lowest BCUT2D eigenvalue weighted by molar-refractivity contribution is 0.201. The van der Waals surface area contributed by atoms with Crippen LogP contribution in [-0.2, 0) is 0 Å². The van der Waals surface area contributed by atoms with E-state index < -0.39 is 0 Å². The molecule has 0 bridgehead atoms. The Balaban J connectivity index is 0.00000288. The smallest absolute Gasteiger partial charge is 0.191 e. The van der Waals surface area contributed by atoms with Gasteiger partial charge in [0, 0.05) is 39.3 Å². The number of aliphatic imine (C=N–C) groups is 1. The van der Waals surface area contributed by atoms with Crippen LogP contribution in [0.15, 0.2) is 4.99 Å². The SMILES string of the molecule is CCCCN1CCC(NC(=NC)NCC2CCCN(C)C2)CC1.I. The molecule has 5 nitrogen and oxygen atoms in total. The maximum Gasteiger partial charge on any atom is 0.191 e. The Kier molecular flexibility index (Phi) is 11.3. The number of piperidine rings is 2. The maximum atomic E-state index is 4.42. The minimum Gasteiger partial charge on any atom is -0.356 e. The van der Waals surface area contributed by atoms with Crippen molar-refractivity contribution in [2.75, 3.05) is 53.4 Å². The zero-order valence-corrected chi connectivity index (χ0v) is 18.2. The predicted molar refractivity (Wildman–Crippen MR) is 115 cm³/mol. The van der Waals surface area contributed by atoms with Crippen molar-refractivity contribution in [1.82, 2.24) is 20.4 Å². The van der Waals surface area contributed by atoms with E-state index in [4.69, 9.17) is 0 Å². The van der Waals surface area contributed by atoms with E-state index in [1.807, 2.05) is 7.05 Å². The van der Waals surface area contributed by atoms with Crippen LogP contribution in [0.3, 0.4) is 0 Å². The van der Waals surface area contributed by atoms with Crippen LogP contribution >= 0.6 is 24.0 Å². The van der Waals surface area contributed by atoms with Gasteiger partial charge in [-0.3, -0.25) is 4.99 Å². The van der Waals surface area contributed by atoms with Crippen LogP contribution in [0, 0.1) is 5.92 Å². The first-order chi connectivity index (χ1) is 11.2. The van der Waals surface area contributed by atoms with Gasteiger partial charge in [0.2, 0.25) is 0 Å². The molecule has 0 spiro atoms. The predicted octanol–water partition coefficient (Wildman–Crippen LogP) is 2.38. The van der Waals surface area contributed by atoms with Crippen molar-refractivity contribution in [1.29, 1.82) is 0 Å². The number of nitrogens with one attached hydrogen (secondary N) is 2. The van der Waals surface area contributed by atoms with Gasteiger partial charge < -0.3 is 20.4 Å². The molecule has 24 heavy (non-hydrogen) atoms. The minimum atomic E-state index is 0. The van der Waals surface area contributed by atoms with E-state index in [0.717, 1.165) is 18.4 Å². The van der Waals surface area contributed by atoms with Gasteiger partial charge in [0.25, 0.3) is 0 Å². The molecule has 1 unspecified atom stereocenters. The van der Waals surface area contributed by atoms with E-state index in [1.165, 1.54) is 71.2 Å². The number of halogens is 1. The summed E-state index contributed by atoms with van der Waals surface area (Å²) >= 11 is 0. The summed E-state index contributed by atoms with van der Waals surface area (Å²) in [5.74, 6) is 1.74. The van der Waals surface area contributed by atoms with Crippen molar-refractivity contribution in [3.05, 3.63) is 0 Å². The summed E-state index contributed by atoms with van der Waals surface area (Å²) in [6.45, 7) is 9.49. The van der Waals surface area contributed by atoms with E-state index in [0.29, 0.717) is 6.04 Å². The van der Waals surface area contributed by atoms with E-state index in [-0.39, 0.29) is 24.0 Å². The number of unbranched alkanes of at least 4 members (excludes halogenated alkanes) is 1.